The second-order valence-corrected chi connectivity index (χ2v) is 5.79. The van der Waals surface area contributed by atoms with Gasteiger partial charge in [0.1, 0.15) is 23.1 Å². The summed E-state index contributed by atoms with van der Waals surface area (Å²) in [7, 11) is 2.92. The molecule has 1 N–H and O–H groups in total. The van der Waals surface area contributed by atoms with Crippen LogP contribution in [0.4, 0.5) is 0 Å². The number of aryl methyl sites for hydroxylation is 1. The summed E-state index contributed by atoms with van der Waals surface area (Å²) in [4.78, 5) is 36.8. The van der Waals surface area contributed by atoms with Gasteiger partial charge >= 0.3 is 5.97 Å². The molecule has 0 aliphatic heterocycles. The van der Waals surface area contributed by atoms with Crippen LogP contribution in [0, 0.1) is 12.8 Å². The van der Waals surface area contributed by atoms with E-state index in [1.807, 2.05) is 13.8 Å². The zero-order valence-electron chi connectivity index (χ0n) is 14.4. The normalized spacial score (nSPS) is 12.0. The van der Waals surface area contributed by atoms with Crippen molar-refractivity contribution in [2.45, 2.75) is 40.3 Å². The summed E-state index contributed by atoms with van der Waals surface area (Å²) in [6.45, 7) is 6.95. The van der Waals surface area contributed by atoms with Gasteiger partial charge in [-0.2, -0.15) is 0 Å². The van der Waals surface area contributed by atoms with E-state index in [2.05, 4.69) is 10.1 Å². The smallest absolute Gasteiger partial charge is 0.341 e. The van der Waals surface area contributed by atoms with Crippen molar-refractivity contribution < 1.29 is 23.5 Å². The number of amides is 2. The summed E-state index contributed by atoms with van der Waals surface area (Å²) in [6, 6.07) is 0.960. The van der Waals surface area contributed by atoms with E-state index >= 15 is 0 Å². The molecular weight excluding hydrogens is 300 g/mol. The topological polar surface area (TPSA) is 88.9 Å². The van der Waals surface area contributed by atoms with Gasteiger partial charge in [-0.05, 0) is 18.9 Å². The van der Waals surface area contributed by atoms with Gasteiger partial charge in [0.05, 0.1) is 13.7 Å². The fourth-order valence-electron chi connectivity index (χ4n) is 2.22. The van der Waals surface area contributed by atoms with Crippen molar-refractivity contribution in [3.05, 3.63) is 23.2 Å². The highest BCUT2D eigenvalue weighted by Crippen LogP contribution is 2.17. The Labute approximate surface area is 136 Å². The zero-order valence-corrected chi connectivity index (χ0v) is 14.4. The molecule has 2 amide bonds. The maximum Gasteiger partial charge on any atom is 0.341 e. The fourth-order valence-corrected chi connectivity index (χ4v) is 2.22. The van der Waals surface area contributed by atoms with Crippen LogP contribution in [0.5, 0.6) is 0 Å². The van der Waals surface area contributed by atoms with Crippen molar-refractivity contribution in [1.82, 2.24) is 10.2 Å². The van der Waals surface area contributed by atoms with Gasteiger partial charge in [0, 0.05) is 14.0 Å². The summed E-state index contributed by atoms with van der Waals surface area (Å²) in [5.41, 5.74) is 0.339. The van der Waals surface area contributed by atoms with Gasteiger partial charge in [-0.15, -0.1) is 0 Å². The summed E-state index contributed by atoms with van der Waals surface area (Å²) < 4.78 is 10.2. The molecule has 0 fully saturated rings. The van der Waals surface area contributed by atoms with Gasteiger partial charge in [-0.25, -0.2) is 4.79 Å². The van der Waals surface area contributed by atoms with Crippen molar-refractivity contribution >= 4 is 17.8 Å². The predicted molar refractivity (Wildman–Crippen MR) is 83.7 cm³/mol. The maximum atomic E-state index is 12.5. The molecule has 0 spiro atoms. The molecular formula is C16H24N2O5. The number of nitrogens with one attached hydrogen (secondary N) is 1. The van der Waals surface area contributed by atoms with Crippen LogP contribution in [0.1, 0.15) is 42.6 Å². The van der Waals surface area contributed by atoms with Gasteiger partial charge in [-0.1, -0.05) is 13.8 Å². The lowest BCUT2D eigenvalue weighted by Gasteiger charge is -2.26. The Balaban J connectivity index is 2.85. The number of ether oxygens (including phenoxy) is 1. The summed E-state index contributed by atoms with van der Waals surface area (Å²) >= 11 is 0. The molecule has 1 heterocycles. The van der Waals surface area contributed by atoms with Gasteiger partial charge in [0.15, 0.2) is 0 Å². The van der Waals surface area contributed by atoms with Gasteiger partial charge in [-0.3, -0.25) is 9.59 Å². The highest BCUT2D eigenvalue weighted by atomic mass is 16.5. The van der Waals surface area contributed by atoms with Crippen LogP contribution in [0.15, 0.2) is 10.5 Å². The minimum absolute atomic E-state index is 0.0437. The Bertz CT molecular complexity index is 591. The first kappa shape index (κ1) is 18.7. The quantitative estimate of drug-likeness (QED) is 0.801. The van der Waals surface area contributed by atoms with Crippen molar-refractivity contribution in [2.75, 3.05) is 14.2 Å². The highest BCUT2D eigenvalue weighted by Gasteiger charge is 2.27. The SMILES string of the molecule is COC(=O)c1cc(CN(C)C(=O)C(NC(C)=O)C(C)C)oc1C. The van der Waals surface area contributed by atoms with E-state index in [1.165, 1.54) is 18.9 Å². The van der Waals surface area contributed by atoms with Crippen LogP contribution in [0.25, 0.3) is 0 Å². The minimum Gasteiger partial charge on any atom is -0.465 e. The number of esters is 1. The molecule has 0 saturated carbocycles. The van der Waals surface area contributed by atoms with Crippen molar-refractivity contribution in [3.8, 4) is 0 Å². The first-order valence-electron chi connectivity index (χ1n) is 7.37. The number of nitrogens with zero attached hydrogens (tertiary/aromatic N) is 1. The van der Waals surface area contributed by atoms with Crippen LogP contribution in [-0.2, 0) is 20.9 Å². The van der Waals surface area contributed by atoms with Crippen molar-refractivity contribution in [3.63, 3.8) is 0 Å². The summed E-state index contributed by atoms with van der Waals surface area (Å²) in [6.07, 6.45) is 0. The number of hydrogen-bond donors (Lipinski definition) is 1. The molecule has 0 aliphatic rings. The molecule has 0 radical (unpaired) electrons. The maximum absolute atomic E-state index is 12.5. The molecule has 23 heavy (non-hydrogen) atoms. The lowest BCUT2D eigenvalue weighted by atomic mass is 10.0. The average Bonchev–Trinajstić information content (AvgIpc) is 2.83. The molecule has 7 nitrogen and oxygen atoms in total. The largest absolute Gasteiger partial charge is 0.465 e. The van der Waals surface area contributed by atoms with Crippen LogP contribution in [-0.4, -0.2) is 42.9 Å². The van der Waals surface area contributed by atoms with Gasteiger partial charge < -0.3 is 19.4 Å². The van der Waals surface area contributed by atoms with E-state index < -0.39 is 12.0 Å². The third kappa shape index (κ3) is 4.84. The number of rotatable bonds is 6. The standard InChI is InChI=1S/C16H24N2O5/c1-9(2)14(17-11(4)19)15(20)18(5)8-12-7-13(10(3)23-12)16(21)22-6/h7,9,14H,8H2,1-6H3,(H,17,19). The van der Waals surface area contributed by atoms with Crippen LogP contribution in [0.2, 0.25) is 0 Å². The Morgan fingerprint density at radius 3 is 2.43 bits per heavy atom. The van der Waals surface area contributed by atoms with Crippen LogP contribution >= 0.6 is 0 Å². The Morgan fingerprint density at radius 2 is 1.96 bits per heavy atom. The number of hydrogen-bond acceptors (Lipinski definition) is 5. The lowest BCUT2D eigenvalue weighted by Crippen LogP contribution is -2.49. The van der Waals surface area contributed by atoms with Crippen LogP contribution in [0.3, 0.4) is 0 Å². The van der Waals surface area contributed by atoms with E-state index in [0.717, 1.165) is 0 Å². The van der Waals surface area contributed by atoms with E-state index in [0.29, 0.717) is 17.1 Å². The summed E-state index contributed by atoms with van der Waals surface area (Å²) in [5.74, 6) is -0.0854. The first-order valence-corrected chi connectivity index (χ1v) is 7.37. The fraction of sp³-hybridized carbons (Fsp3) is 0.562. The second kappa shape index (κ2) is 7.80. The number of likely N-dealkylation sites (N-methyl/N-ethyl adjacent to an activating group) is 1. The third-order valence-corrected chi connectivity index (χ3v) is 3.43. The van der Waals surface area contributed by atoms with Crippen molar-refractivity contribution in [1.29, 1.82) is 0 Å². The monoisotopic (exact) mass is 324 g/mol. The van der Waals surface area contributed by atoms with Crippen molar-refractivity contribution in [2.24, 2.45) is 5.92 Å². The third-order valence-electron chi connectivity index (χ3n) is 3.43. The molecule has 0 saturated heterocycles. The number of carbonyl (C=O) groups excluding carboxylic acids is 3. The first-order chi connectivity index (χ1) is 10.7. The Morgan fingerprint density at radius 1 is 1.35 bits per heavy atom. The molecule has 1 unspecified atom stereocenters. The summed E-state index contributed by atoms with van der Waals surface area (Å²) in [5, 5.41) is 2.65. The van der Waals surface area contributed by atoms with Gasteiger partial charge in [0.2, 0.25) is 11.8 Å². The molecule has 0 aromatic carbocycles. The Kier molecular flexibility index (Phi) is 6.36. The Hall–Kier alpha value is -2.31. The number of methoxy groups -OCH3 is 1. The molecule has 7 heteroatoms. The molecule has 1 rings (SSSR count). The predicted octanol–water partition coefficient (Wildman–Crippen LogP) is 1.49. The van der Waals surface area contributed by atoms with E-state index in [9.17, 15) is 14.4 Å². The number of carbonyl (C=O) groups is 3. The van der Waals surface area contributed by atoms with E-state index in [1.54, 1.807) is 20.0 Å². The van der Waals surface area contributed by atoms with E-state index in [-0.39, 0.29) is 24.3 Å². The molecule has 0 aliphatic carbocycles. The van der Waals surface area contributed by atoms with Crippen LogP contribution < -0.4 is 5.32 Å². The van der Waals surface area contributed by atoms with Gasteiger partial charge in [0.25, 0.3) is 0 Å². The average molecular weight is 324 g/mol. The van der Waals surface area contributed by atoms with E-state index in [4.69, 9.17) is 4.42 Å². The molecule has 1 aromatic rings. The lowest BCUT2D eigenvalue weighted by molar-refractivity contribution is -0.136. The highest BCUT2D eigenvalue weighted by molar-refractivity contribution is 5.90. The molecule has 1 aromatic heterocycles. The molecule has 1 atom stereocenters. The minimum atomic E-state index is -0.603. The molecule has 128 valence electrons. The second-order valence-electron chi connectivity index (χ2n) is 5.79. The zero-order chi connectivity index (χ0) is 17.7. The molecule has 0 bridgehead atoms. The number of furan rings is 1.